The molecule has 0 bridgehead atoms. The largest absolute Gasteiger partial charge is 0.444 e. The van der Waals surface area contributed by atoms with Crippen molar-refractivity contribution in [3.8, 4) is 0 Å². The Kier molecular flexibility index (Phi) is 8.29. The van der Waals surface area contributed by atoms with Crippen LogP contribution in [0, 0.1) is 0 Å². The maximum Gasteiger partial charge on any atom is 0.261 e. The first-order valence-corrected chi connectivity index (χ1v) is 9.09. The third kappa shape index (κ3) is 5.86. The van der Waals surface area contributed by atoms with E-state index >= 15 is 0 Å². The van der Waals surface area contributed by atoms with Gasteiger partial charge in [-0.3, -0.25) is 9.56 Å². The molecule has 0 aromatic carbocycles. The van der Waals surface area contributed by atoms with E-state index in [1.54, 1.807) is 30.4 Å². The van der Waals surface area contributed by atoms with Gasteiger partial charge in [0, 0.05) is 7.05 Å². The van der Waals surface area contributed by atoms with Crippen molar-refractivity contribution in [2.75, 3.05) is 19.9 Å². The van der Waals surface area contributed by atoms with Crippen molar-refractivity contribution in [2.45, 2.75) is 26.9 Å². The van der Waals surface area contributed by atoms with E-state index in [9.17, 15) is 4.57 Å². The molecular formula is C15H26N5O3P. The van der Waals surface area contributed by atoms with Crippen molar-refractivity contribution in [3.05, 3.63) is 35.5 Å². The second-order valence-electron chi connectivity index (χ2n) is 5.03. The normalized spacial score (nSPS) is 19.3. The molecule has 1 aliphatic heterocycles. The van der Waals surface area contributed by atoms with Gasteiger partial charge in [-0.2, -0.15) is 0 Å². The molecule has 0 aromatic heterocycles. The first-order chi connectivity index (χ1) is 11.4. The fourth-order valence-electron chi connectivity index (χ4n) is 2.00. The summed E-state index contributed by atoms with van der Waals surface area (Å²) in [7, 11) is -0.680. The summed E-state index contributed by atoms with van der Waals surface area (Å²) in [6.07, 6.45) is 6.75. The van der Waals surface area contributed by atoms with Crippen LogP contribution in [0.25, 0.3) is 0 Å². The van der Waals surface area contributed by atoms with Crippen molar-refractivity contribution >= 4 is 20.2 Å². The fraction of sp³-hybridized carbons (Fsp3) is 0.467. The summed E-state index contributed by atoms with van der Waals surface area (Å²) in [5.74, 6) is 1.26. The van der Waals surface area contributed by atoms with Crippen LogP contribution >= 0.6 is 8.03 Å². The van der Waals surface area contributed by atoms with Crippen LogP contribution in [0.2, 0.25) is 0 Å². The second kappa shape index (κ2) is 9.95. The number of hydrogen-bond acceptors (Lipinski definition) is 7. The highest BCUT2D eigenvalue weighted by Gasteiger charge is 2.23. The highest BCUT2D eigenvalue weighted by atomic mass is 31.1. The van der Waals surface area contributed by atoms with E-state index in [1.165, 1.54) is 0 Å². The lowest BCUT2D eigenvalue weighted by molar-refractivity contribution is 0.0890. The van der Waals surface area contributed by atoms with Crippen molar-refractivity contribution in [2.24, 2.45) is 21.5 Å². The quantitative estimate of drug-likeness (QED) is 0.389. The lowest BCUT2D eigenvalue weighted by atomic mass is 10.3. The molecule has 0 saturated carbocycles. The first kappa shape index (κ1) is 20.0. The Morgan fingerprint density at radius 3 is 2.75 bits per heavy atom. The molecule has 0 aliphatic carbocycles. The molecular weight excluding hydrogens is 329 g/mol. The van der Waals surface area contributed by atoms with E-state index < -0.39 is 8.03 Å². The van der Waals surface area contributed by atoms with Crippen molar-refractivity contribution in [3.63, 3.8) is 0 Å². The molecule has 0 spiro atoms. The fourth-order valence-corrected chi connectivity index (χ4v) is 2.93. The molecule has 1 heterocycles. The number of aliphatic imine (C=N–C) groups is 2. The minimum Gasteiger partial charge on any atom is -0.444 e. The average Bonchev–Trinajstić information content (AvgIpc) is 2.95. The SMILES string of the molecule is C/C=C\C(=C/C)O[PH](=O)CO[C@H](C)CN1C=NC(=C(N)N)/C1=N\C. The van der Waals surface area contributed by atoms with Gasteiger partial charge in [-0.25, -0.2) is 4.99 Å². The minimum absolute atomic E-state index is 0.0338. The number of hydrogen-bond donors (Lipinski definition) is 2. The van der Waals surface area contributed by atoms with E-state index in [-0.39, 0.29) is 18.3 Å². The predicted molar refractivity (Wildman–Crippen MR) is 98.0 cm³/mol. The molecule has 0 aromatic rings. The number of allylic oxidation sites excluding steroid dienone is 3. The molecule has 2 atom stereocenters. The molecule has 0 amide bonds. The highest BCUT2D eigenvalue weighted by molar-refractivity contribution is 7.39. The van der Waals surface area contributed by atoms with Gasteiger partial charge in [-0.15, -0.1) is 0 Å². The number of amidine groups is 1. The molecule has 1 unspecified atom stereocenters. The number of ether oxygens (including phenoxy) is 1. The molecule has 1 aliphatic rings. The van der Waals surface area contributed by atoms with Gasteiger partial charge >= 0.3 is 0 Å². The van der Waals surface area contributed by atoms with E-state index in [0.717, 1.165) is 0 Å². The van der Waals surface area contributed by atoms with Crippen molar-refractivity contribution in [1.82, 2.24) is 4.90 Å². The summed E-state index contributed by atoms with van der Waals surface area (Å²) < 4.78 is 22.9. The van der Waals surface area contributed by atoms with Crippen molar-refractivity contribution in [1.29, 1.82) is 0 Å². The molecule has 134 valence electrons. The van der Waals surface area contributed by atoms with Crippen LogP contribution in [-0.4, -0.2) is 43.1 Å². The van der Waals surface area contributed by atoms with Crippen LogP contribution in [0.1, 0.15) is 20.8 Å². The van der Waals surface area contributed by atoms with Crippen LogP contribution in [0.3, 0.4) is 0 Å². The summed E-state index contributed by atoms with van der Waals surface area (Å²) in [6.45, 7) is 6.03. The Hall–Kier alpha value is -2.05. The molecule has 0 fully saturated rings. The zero-order valence-electron chi connectivity index (χ0n) is 14.5. The Labute approximate surface area is 143 Å². The standard InChI is InChI=1S/C15H26N5O3P/c1-5-7-12(6-2)23-24(21)10-22-11(3)8-20-9-19-13(14(16)17)15(20)18-4/h5-7,9,11,24H,8,10,16-17H2,1-4H3/b7-5-,12-6+,18-15+/t11-/m1/s1. The Bertz CT molecular complexity index is 606. The molecule has 9 heteroatoms. The Morgan fingerprint density at radius 1 is 1.50 bits per heavy atom. The lowest BCUT2D eigenvalue weighted by Crippen LogP contribution is -2.34. The maximum atomic E-state index is 11.9. The Balaban J connectivity index is 2.50. The smallest absolute Gasteiger partial charge is 0.261 e. The molecule has 4 N–H and O–H groups in total. The van der Waals surface area contributed by atoms with Gasteiger partial charge < -0.3 is 25.6 Å². The lowest BCUT2D eigenvalue weighted by Gasteiger charge is -2.21. The molecule has 0 radical (unpaired) electrons. The molecule has 8 nitrogen and oxygen atoms in total. The van der Waals surface area contributed by atoms with Crippen LogP contribution in [0.4, 0.5) is 0 Å². The van der Waals surface area contributed by atoms with Crippen LogP contribution in [-0.2, 0) is 13.8 Å². The van der Waals surface area contributed by atoms with Crippen LogP contribution in [0.15, 0.2) is 45.5 Å². The van der Waals surface area contributed by atoms with E-state index in [2.05, 4.69) is 9.98 Å². The molecule has 1 rings (SSSR count). The van der Waals surface area contributed by atoms with Gasteiger partial charge in [0.25, 0.3) is 8.03 Å². The van der Waals surface area contributed by atoms with Gasteiger partial charge in [0.1, 0.15) is 23.6 Å². The highest BCUT2D eigenvalue weighted by Crippen LogP contribution is 2.27. The summed E-state index contributed by atoms with van der Waals surface area (Å²) >= 11 is 0. The van der Waals surface area contributed by atoms with Crippen LogP contribution in [0.5, 0.6) is 0 Å². The summed E-state index contributed by atoms with van der Waals surface area (Å²) in [6, 6.07) is 0. The van der Waals surface area contributed by atoms with Gasteiger partial charge in [0.2, 0.25) is 0 Å². The minimum atomic E-state index is -2.32. The van der Waals surface area contributed by atoms with Gasteiger partial charge in [0.05, 0.1) is 19.0 Å². The third-order valence-electron chi connectivity index (χ3n) is 3.08. The topological polar surface area (TPSA) is 116 Å². The molecule has 0 saturated heterocycles. The van der Waals surface area contributed by atoms with Gasteiger partial charge in [-0.1, -0.05) is 6.08 Å². The van der Waals surface area contributed by atoms with Gasteiger partial charge in [0.15, 0.2) is 5.84 Å². The average molecular weight is 355 g/mol. The Morgan fingerprint density at radius 2 is 2.21 bits per heavy atom. The third-order valence-corrected chi connectivity index (χ3v) is 3.95. The second-order valence-corrected chi connectivity index (χ2v) is 6.27. The van der Waals surface area contributed by atoms with E-state index in [4.69, 9.17) is 20.7 Å². The monoisotopic (exact) mass is 355 g/mol. The first-order valence-electron chi connectivity index (χ1n) is 7.57. The summed E-state index contributed by atoms with van der Waals surface area (Å²) in [5, 5.41) is 0. The van der Waals surface area contributed by atoms with E-state index in [1.807, 2.05) is 26.8 Å². The zero-order valence-corrected chi connectivity index (χ0v) is 15.5. The predicted octanol–water partition coefficient (Wildman–Crippen LogP) is 1.78. The van der Waals surface area contributed by atoms with Crippen molar-refractivity contribution < 1.29 is 13.8 Å². The molecule has 24 heavy (non-hydrogen) atoms. The summed E-state index contributed by atoms with van der Waals surface area (Å²) in [5.41, 5.74) is 11.6. The number of rotatable bonds is 8. The number of nitrogens with two attached hydrogens (primary N) is 2. The summed E-state index contributed by atoms with van der Waals surface area (Å²) in [4.78, 5) is 10.1. The van der Waals surface area contributed by atoms with E-state index in [0.29, 0.717) is 23.8 Å². The van der Waals surface area contributed by atoms with Gasteiger partial charge in [-0.05, 0) is 32.9 Å². The zero-order chi connectivity index (χ0) is 18.1. The van der Waals surface area contributed by atoms with Crippen LogP contribution < -0.4 is 11.5 Å². The number of nitrogens with zero attached hydrogens (tertiary/aromatic N) is 3. The maximum absolute atomic E-state index is 11.9.